The van der Waals surface area contributed by atoms with E-state index in [2.05, 4.69) is 10.4 Å². The number of aromatic nitrogens is 2. The zero-order valence-corrected chi connectivity index (χ0v) is 14.9. The van der Waals surface area contributed by atoms with Crippen LogP contribution in [0.4, 0.5) is 11.5 Å². The Labute approximate surface area is 158 Å². The van der Waals surface area contributed by atoms with E-state index >= 15 is 0 Å². The fourth-order valence-electron chi connectivity index (χ4n) is 2.85. The number of rotatable bonds is 5. The molecule has 0 saturated carbocycles. The van der Waals surface area contributed by atoms with Crippen molar-refractivity contribution in [2.75, 3.05) is 4.90 Å². The summed E-state index contributed by atoms with van der Waals surface area (Å²) in [6, 6.07) is 13.2. The summed E-state index contributed by atoms with van der Waals surface area (Å²) in [5, 5.41) is 0. The third-order valence-electron chi connectivity index (χ3n) is 4.10. The highest BCUT2D eigenvalue weighted by Gasteiger charge is 2.17. The number of hydrogen-bond acceptors (Lipinski definition) is 5. The first-order valence-corrected chi connectivity index (χ1v) is 8.23. The molecule has 9 heteroatoms. The van der Waals surface area contributed by atoms with Crippen molar-refractivity contribution in [2.24, 2.45) is 5.84 Å². The molecular weight excluding hydrogens is 362 g/mol. The largest absolute Gasteiger partial charge is 0.327 e. The maximum Gasteiger partial charge on any atom is 0.327 e. The fourth-order valence-corrected chi connectivity index (χ4v) is 2.85. The van der Waals surface area contributed by atoms with Crippen molar-refractivity contribution < 1.29 is 9.59 Å². The lowest BCUT2D eigenvalue weighted by Crippen LogP contribution is -2.30. The predicted molar refractivity (Wildman–Crippen MR) is 104 cm³/mol. The average Bonchev–Trinajstić information content (AvgIpc) is 2.67. The fraction of sp³-hybridized carbons (Fsp3) is 0.0526. The number of anilines is 2. The SMILES string of the molecule is Cc1cccc(-c2cc(N(C=O)c3cc(=O)[nH]c(=O)[nH]3)ccc2C(=O)NN)c1. The molecule has 9 nitrogen and oxygen atoms in total. The number of nitrogens with one attached hydrogen (secondary N) is 3. The van der Waals surface area contributed by atoms with E-state index < -0.39 is 17.2 Å². The molecule has 0 atom stereocenters. The van der Waals surface area contributed by atoms with Gasteiger partial charge in [0.05, 0.1) is 5.69 Å². The van der Waals surface area contributed by atoms with Crippen LogP contribution in [0, 0.1) is 6.92 Å². The standard InChI is InChI=1S/C19H17N5O4/c1-11-3-2-4-12(7-11)15-8-13(5-6-14(15)18(27)23-20)24(10-25)16-9-17(26)22-19(28)21-16/h2-10H,20H2,1H3,(H,23,27)(H2,21,22,26,28). The van der Waals surface area contributed by atoms with Gasteiger partial charge in [-0.15, -0.1) is 0 Å². The zero-order valence-electron chi connectivity index (χ0n) is 14.9. The topological polar surface area (TPSA) is 141 Å². The number of carbonyl (C=O) groups is 2. The Morgan fingerprint density at radius 1 is 1.11 bits per heavy atom. The summed E-state index contributed by atoms with van der Waals surface area (Å²) >= 11 is 0. The van der Waals surface area contributed by atoms with Gasteiger partial charge in [0, 0.05) is 11.6 Å². The molecule has 0 spiro atoms. The minimum atomic E-state index is -0.743. The Hall–Kier alpha value is -3.98. The van der Waals surface area contributed by atoms with Gasteiger partial charge in [-0.2, -0.15) is 0 Å². The molecule has 0 aliphatic heterocycles. The van der Waals surface area contributed by atoms with E-state index in [1.807, 2.05) is 36.2 Å². The number of aryl methyl sites for hydroxylation is 1. The molecule has 3 aromatic rings. The molecular formula is C19H17N5O4. The van der Waals surface area contributed by atoms with Crippen molar-refractivity contribution in [1.29, 1.82) is 0 Å². The van der Waals surface area contributed by atoms with Crippen LogP contribution in [0.2, 0.25) is 0 Å². The van der Waals surface area contributed by atoms with E-state index in [4.69, 9.17) is 5.84 Å². The number of hydrogen-bond donors (Lipinski definition) is 4. The summed E-state index contributed by atoms with van der Waals surface area (Å²) in [5.41, 5.74) is 3.62. The van der Waals surface area contributed by atoms with E-state index in [0.29, 0.717) is 23.2 Å². The molecule has 0 unspecified atom stereocenters. The molecule has 0 bridgehead atoms. The molecule has 0 radical (unpaired) electrons. The monoisotopic (exact) mass is 379 g/mol. The summed E-state index contributed by atoms with van der Waals surface area (Å²) in [4.78, 5) is 52.6. The molecule has 0 saturated heterocycles. The molecule has 2 aromatic carbocycles. The number of nitrogens with zero attached hydrogens (tertiary/aromatic N) is 1. The molecule has 142 valence electrons. The lowest BCUT2D eigenvalue weighted by atomic mass is 9.97. The van der Waals surface area contributed by atoms with Crippen molar-refractivity contribution in [3.8, 4) is 11.1 Å². The highest BCUT2D eigenvalue weighted by molar-refractivity contribution is 6.02. The molecule has 0 aliphatic carbocycles. The van der Waals surface area contributed by atoms with Gasteiger partial charge in [0.1, 0.15) is 5.82 Å². The van der Waals surface area contributed by atoms with Crippen LogP contribution in [-0.2, 0) is 4.79 Å². The summed E-state index contributed by atoms with van der Waals surface area (Å²) in [6.07, 6.45) is 0.461. The minimum absolute atomic E-state index is 0.00466. The predicted octanol–water partition coefficient (Wildman–Crippen LogP) is 0.937. The molecule has 0 fully saturated rings. The zero-order chi connectivity index (χ0) is 20.3. The maximum atomic E-state index is 12.2. The summed E-state index contributed by atoms with van der Waals surface area (Å²) in [6.45, 7) is 1.91. The van der Waals surface area contributed by atoms with E-state index in [0.717, 1.165) is 22.1 Å². The van der Waals surface area contributed by atoms with Crippen molar-refractivity contribution in [3.63, 3.8) is 0 Å². The third kappa shape index (κ3) is 3.74. The van der Waals surface area contributed by atoms with Crippen LogP contribution in [0.3, 0.4) is 0 Å². The molecule has 0 aliphatic rings. The van der Waals surface area contributed by atoms with Crippen LogP contribution in [0.25, 0.3) is 11.1 Å². The van der Waals surface area contributed by atoms with Crippen LogP contribution < -0.4 is 27.4 Å². The molecule has 3 rings (SSSR count). The van der Waals surface area contributed by atoms with Gasteiger partial charge in [-0.05, 0) is 36.2 Å². The summed E-state index contributed by atoms with van der Waals surface area (Å²) < 4.78 is 0. The van der Waals surface area contributed by atoms with Crippen molar-refractivity contribution in [2.45, 2.75) is 6.92 Å². The van der Waals surface area contributed by atoms with Crippen LogP contribution in [-0.4, -0.2) is 22.3 Å². The normalized spacial score (nSPS) is 10.4. The Morgan fingerprint density at radius 3 is 2.54 bits per heavy atom. The maximum absolute atomic E-state index is 12.2. The van der Waals surface area contributed by atoms with Crippen molar-refractivity contribution in [1.82, 2.24) is 15.4 Å². The highest BCUT2D eigenvalue weighted by atomic mass is 16.2. The number of aromatic amines is 2. The first-order chi connectivity index (χ1) is 13.4. The number of nitrogens with two attached hydrogens (primary N) is 1. The van der Waals surface area contributed by atoms with Gasteiger partial charge in [0.15, 0.2) is 0 Å². The van der Waals surface area contributed by atoms with E-state index in [-0.39, 0.29) is 5.82 Å². The van der Waals surface area contributed by atoms with Gasteiger partial charge < -0.3 is 0 Å². The van der Waals surface area contributed by atoms with Crippen molar-refractivity contribution >= 4 is 23.8 Å². The van der Waals surface area contributed by atoms with Gasteiger partial charge in [0.25, 0.3) is 11.5 Å². The molecule has 1 heterocycles. The second-order valence-corrected chi connectivity index (χ2v) is 6.02. The Bertz CT molecular complexity index is 1140. The number of H-pyrrole nitrogens is 2. The van der Waals surface area contributed by atoms with Crippen LogP contribution in [0.5, 0.6) is 0 Å². The van der Waals surface area contributed by atoms with E-state index in [1.165, 1.54) is 12.1 Å². The third-order valence-corrected chi connectivity index (χ3v) is 4.10. The Kier molecular flexibility index (Phi) is 5.18. The minimum Gasteiger partial charge on any atom is -0.293 e. The molecule has 5 N–H and O–H groups in total. The van der Waals surface area contributed by atoms with Gasteiger partial charge in [-0.1, -0.05) is 29.8 Å². The van der Waals surface area contributed by atoms with Crippen molar-refractivity contribution in [3.05, 3.63) is 80.5 Å². The van der Waals surface area contributed by atoms with E-state index in [9.17, 15) is 19.2 Å². The van der Waals surface area contributed by atoms with Gasteiger partial charge in [-0.25, -0.2) is 10.6 Å². The number of carbonyl (C=O) groups excluding carboxylic acids is 2. The summed E-state index contributed by atoms with van der Waals surface area (Å²) in [7, 11) is 0. The van der Waals surface area contributed by atoms with Gasteiger partial charge in [-0.3, -0.25) is 34.7 Å². The lowest BCUT2D eigenvalue weighted by Gasteiger charge is -2.19. The quantitative estimate of drug-likeness (QED) is 0.226. The Morgan fingerprint density at radius 2 is 1.89 bits per heavy atom. The van der Waals surface area contributed by atoms with Gasteiger partial charge >= 0.3 is 5.69 Å². The molecule has 2 amide bonds. The van der Waals surface area contributed by atoms with Crippen LogP contribution >= 0.6 is 0 Å². The second kappa shape index (κ2) is 7.72. The number of nitrogen functional groups attached to an aromatic ring is 1. The smallest absolute Gasteiger partial charge is 0.293 e. The molecule has 1 aromatic heterocycles. The first-order valence-electron chi connectivity index (χ1n) is 8.23. The van der Waals surface area contributed by atoms with E-state index in [1.54, 1.807) is 6.07 Å². The lowest BCUT2D eigenvalue weighted by molar-refractivity contribution is -0.106. The van der Waals surface area contributed by atoms with Crippen LogP contribution in [0.15, 0.2) is 58.1 Å². The first kappa shape index (κ1) is 18.8. The average molecular weight is 379 g/mol. The second-order valence-electron chi connectivity index (χ2n) is 6.02. The summed E-state index contributed by atoms with van der Waals surface area (Å²) in [5.74, 6) is 4.79. The van der Waals surface area contributed by atoms with Crippen LogP contribution in [0.1, 0.15) is 15.9 Å². The number of hydrazine groups is 1. The Balaban J connectivity index is 2.20. The molecule has 28 heavy (non-hydrogen) atoms. The highest BCUT2D eigenvalue weighted by Crippen LogP contribution is 2.31. The van der Waals surface area contributed by atoms with Gasteiger partial charge in [0.2, 0.25) is 6.41 Å². The number of amides is 2. The number of benzene rings is 2.